The second kappa shape index (κ2) is 7.48. The fourth-order valence-electron chi connectivity index (χ4n) is 3.83. The molecule has 3 atom stereocenters. The third kappa shape index (κ3) is 3.71. The number of hydrogen-bond acceptors (Lipinski definition) is 3. The molecule has 140 valence electrons. The van der Waals surface area contributed by atoms with Crippen molar-refractivity contribution in [2.45, 2.75) is 37.3 Å². The first-order chi connectivity index (χ1) is 13.1. The molecule has 2 heterocycles. The van der Waals surface area contributed by atoms with Crippen LogP contribution >= 0.6 is 0 Å². The van der Waals surface area contributed by atoms with Gasteiger partial charge in [-0.25, -0.2) is 4.39 Å². The van der Waals surface area contributed by atoms with E-state index < -0.39 is 5.92 Å². The van der Waals surface area contributed by atoms with Crippen molar-refractivity contribution < 1.29 is 18.7 Å². The molecular weight excluding hydrogens is 347 g/mol. The van der Waals surface area contributed by atoms with E-state index in [4.69, 9.17) is 4.74 Å². The summed E-state index contributed by atoms with van der Waals surface area (Å²) in [6, 6.07) is 13.1. The molecule has 2 aromatic carbocycles. The lowest BCUT2D eigenvalue weighted by atomic mass is 9.89. The molecule has 2 amide bonds. The van der Waals surface area contributed by atoms with E-state index >= 15 is 0 Å². The molecule has 0 bridgehead atoms. The average Bonchev–Trinajstić information content (AvgIpc) is 3.20. The summed E-state index contributed by atoms with van der Waals surface area (Å²) in [4.78, 5) is 25.1. The summed E-state index contributed by atoms with van der Waals surface area (Å²) >= 11 is 0. The summed E-state index contributed by atoms with van der Waals surface area (Å²) in [6.45, 7) is 0.646. The fraction of sp³-hybridized carbons (Fsp3) is 0.333. The highest BCUT2D eigenvalue weighted by Crippen LogP contribution is 2.34. The minimum atomic E-state index is -0.556. The van der Waals surface area contributed by atoms with Gasteiger partial charge in [0.05, 0.1) is 18.1 Å². The van der Waals surface area contributed by atoms with E-state index in [0.717, 1.165) is 24.0 Å². The van der Waals surface area contributed by atoms with Gasteiger partial charge in [-0.1, -0.05) is 30.3 Å². The van der Waals surface area contributed by atoms with Crippen LogP contribution in [0.1, 0.15) is 42.3 Å². The largest absolute Gasteiger partial charge is 0.376 e. The topological polar surface area (TPSA) is 67.4 Å². The van der Waals surface area contributed by atoms with Gasteiger partial charge in [0, 0.05) is 18.7 Å². The van der Waals surface area contributed by atoms with Crippen LogP contribution in [0.4, 0.5) is 10.1 Å². The Kier molecular flexibility index (Phi) is 4.90. The van der Waals surface area contributed by atoms with E-state index in [1.165, 1.54) is 12.1 Å². The maximum atomic E-state index is 13.3. The number of halogens is 1. The highest BCUT2D eigenvalue weighted by Gasteiger charge is 2.34. The molecule has 0 aliphatic carbocycles. The van der Waals surface area contributed by atoms with Crippen molar-refractivity contribution in [2.75, 3.05) is 11.9 Å². The molecule has 1 saturated heterocycles. The van der Waals surface area contributed by atoms with Crippen LogP contribution in [0.25, 0.3) is 0 Å². The van der Waals surface area contributed by atoms with E-state index in [0.29, 0.717) is 12.3 Å². The lowest BCUT2D eigenvalue weighted by Crippen LogP contribution is -2.41. The molecule has 2 aliphatic heterocycles. The number of nitrogens with one attached hydrogen (secondary N) is 2. The predicted octanol–water partition coefficient (Wildman–Crippen LogP) is 3.29. The van der Waals surface area contributed by atoms with Crippen LogP contribution in [-0.2, 0) is 14.3 Å². The van der Waals surface area contributed by atoms with Crippen molar-refractivity contribution in [1.29, 1.82) is 0 Å². The summed E-state index contributed by atoms with van der Waals surface area (Å²) < 4.78 is 19.1. The van der Waals surface area contributed by atoms with Crippen molar-refractivity contribution in [2.24, 2.45) is 0 Å². The molecule has 4 rings (SSSR count). The second-order valence-corrected chi connectivity index (χ2v) is 6.98. The van der Waals surface area contributed by atoms with Gasteiger partial charge in [0.25, 0.3) is 0 Å². The van der Waals surface area contributed by atoms with Crippen molar-refractivity contribution in [3.8, 4) is 0 Å². The van der Waals surface area contributed by atoms with Gasteiger partial charge in [-0.2, -0.15) is 0 Å². The Labute approximate surface area is 156 Å². The second-order valence-electron chi connectivity index (χ2n) is 6.98. The molecule has 2 aromatic rings. The molecule has 2 aliphatic rings. The zero-order chi connectivity index (χ0) is 18.8. The smallest absolute Gasteiger partial charge is 0.228 e. The summed E-state index contributed by atoms with van der Waals surface area (Å²) in [5, 5.41) is 5.87. The number of carbonyl (C=O) groups is 2. The number of carbonyl (C=O) groups excluding carboxylic acids is 2. The van der Waals surface area contributed by atoms with E-state index in [2.05, 4.69) is 10.6 Å². The number of ether oxygens (including phenoxy) is 1. The minimum absolute atomic E-state index is 0.102. The van der Waals surface area contributed by atoms with Gasteiger partial charge in [-0.15, -0.1) is 0 Å². The number of hydrogen-bond donors (Lipinski definition) is 2. The Bertz CT molecular complexity index is 847. The molecule has 0 radical (unpaired) electrons. The summed E-state index contributed by atoms with van der Waals surface area (Å²) in [6.07, 6.45) is 1.69. The molecule has 0 unspecified atom stereocenters. The normalized spacial score (nSPS) is 22.6. The average molecular weight is 368 g/mol. The molecule has 6 heteroatoms. The van der Waals surface area contributed by atoms with Crippen molar-refractivity contribution >= 4 is 17.5 Å². The molecule has 27 heavy (non-hydrogen) atoms. The van der Waals surface area contributed by atoms with Gasteiger partial charge < -0.3 is 15.4 Å². The van der Waals surface area contributed by atoms with Crippen molar-refractivity contribution in [3.05, 3.63) is 65.5 Å². The Hall–Kier alpha value is -2.73. The van der Waals surface area contributed by atoms with E-state index in [1.54, 1.807) is 18.2 Å². The maximum absolute atomic E-state index is 13.3. The summed E-state index contributed by atoms with van der Waals surface area (Å²) in [7, 11) is 0. The van der Waals surface area contributed by atoms with E-state index in [9.17, 15) is 14.0 Å². The molecular formula is C21H21FN2O3. The van der Waals surface area contributed by atoms with Crippen LogP contribution in [0.15, 0.2) is 48.5 Å². The number of benzene rings is 2. The van der Waals surface area contributed by atoms with Gasteiger partial charge in [-0.05, 0) is 42.2 Å². The Morgan fingerprint density at radius 1 is 1.19 bits per heavy atom. The Morgan fingerprint density at radius 2 is 1.96 bits per heavy atom. The number of anilines is 1. The predicted molar refractivity (Wildman–Crippen MR) is 98.7 cm³/mol. The molecule has 0 aromatic heterocycles. The van der Waals surface area contributed by atoms with Crippen LogP contribution in [0.5, 0.6) is 0 Å². The Morgan fingerprint density at radius 3 is 2.70 bits per heavy atom. The zero-order valence-corrected chi connectivity index (χ0v) is 14.8. The van der Waals surface area contributed by atoms with Gasteiger partial charge in [0.15, 0.2) is 0 Å². The van der Waals surface area contributed by atoms with E-state index in [-0.39, 0.29) is 36.2 Å². The lowest BCUT2D eigenvalue weighted by Gasteiger charge is -2.29. The minimum Gasteiger partial charge on any atom is -0.376 e. The lowest BCUT2D eigenvalue weighted by molar-refractivity contribution is -0.127. The quantitative estimate of drug-likeness (QED) is 0.870. The number of para-hydroxylation sites is 1. The maximum Gasteiger partial charge on any atom is 0.228 e. The molecule has 0 spiro atoms. The number of fused-ring (bicyclic) bond motifs is 1. The van der Waals surface area contributed by atoms with Crippen LogP contribution < -0.4 is 10.6 Å². The first-order valence-corrected chi connectivity index (χ1v) is 9.18. The Balaban J connectivity index is 1.60. The van der Waals surface area contributed by atoms with E-state index in [1.807, 2.05) is 18.2 Å². The third-order valence-electron chi connectivity index (χ3n) is 5.18. The first kappa shape index (κ1) is 17.7. The standard InChI is InChI=1S/C21H21FN2O3/c22-14-9-7-13(8-10-14)20(18-6-3-11-27-18)24-21(26)16-12-19(25)23-17-5-2-1-4-15(16)17/h1-2,4-5,7-10,16,18,20H,3,6,11-12H2,(H,23,25)(H,24,26)/t16-,18-,20+/m0/s1. The molecule has 5 nitrogen and oxygen atoms in total. The van der Waals surface area contributed by atoms with Crippen LogP contribution in [0, 0.1) is 5.82 Å². The van der Waals surface area contributed by atoms with Gasteiger partial charge in [0.1, 0.15) is 5.82 Å². The molecule has 1 fully saturated rings. The van der Waals surface area contributed by atoms with Gasteiger partial charge in [-0.3, -0.25) is 9.59 Å². The molecule has 0 saturated carbocycles. The van der Waals surface area contributed by atoms with Crippen LogP contribution in [0.2, 0.25) is 0 Å². The number of amides is 2. The zero-order valence-electron chi connectivity index (χ0n) is 14.8. The van der Waals surface area contributed by atoms with Crippen molar-refractivity contribution in [1.82, 2.24) is 5.32 Å². The molecule has 2 N–H and O–H groups in total. The third-order valence-corrected chi connectivity index (χ3v) is 5.18. The van der Waals surface area contributed by atoms with Gasteiger partial charge >= 0.3 is 0 Å². The SMILES string of the molecule is O=C1C[C@H](C(=O)N[C@H](c2ccc(F)cc2)[C@@H]2CCCO2)c2ccccc2N1. The van der Waals surface area contributed by atoms with Crippen molar-refractivity contribution in [3.63, 3.8) is 0 Å². The van der Waals surface area contributed by atoms with Crippen LogP contribution in [0.3, 0.4) is 0 Å². The highest BCUT2D eigenvalue weighted by atomic mass is 19.1. The highest BCUT2D eigenvalue weighted by molar-refractivity contribution is 6.01. The summed E-state index contributed by atoms with van der Waals surface area (Å²) in [5.74, 6) is -1.28. The van der Waals surface area contributed by atoms with Gasteiger partial charge in [0.2, 0.25) is 11.8 Å². The summed E-state index contributed by atoms with van der Waals surface area (Å²) in [5.41, 5.74) is 2.27. The monoisotopic (exact) mass is 368 g/mol. The number of rotatable bonds is 4. The van der Waals surface area contributed by atoms with Crippen LogP contribution in [-0.4, -0.2) is 24.5 Å². The first-order valence-electron chi connectivity index (χ1n) is 9.18. The fourth-order valence-corrected chi connectivity index (χ4v) is 3.83.